The second kappa shape index (κ2) is 6.96. The van der Waals surface area contributed by atoms with Crippen molar-refractivity contribution in [2.75, 3.05) is 17.2 Å². The van der Waals surface area contributed by atoms with Crippen LogP contribution in [0.1, 0.15) is 24.7 Å². The van der Waals surface area contributed by atoms with Crippen molar-refractivity contribution in [3.8, 4) is 0 Å². The van der Waals surface area contributed by atoms with E-state index < -0.39 is 0 Å². The molecule has 21 heavy (non-hydrogen) atoms. The zero-order valence-electron chi connectivity index (χ0n) is 12.3. The highest BCUT2D eigenvalue weighted by Gasteiger charge is 2.10. The van der Waals surface area contributed by atoms with E-state index in [0.29, 0.717) is 15.9 Å². The van der Waals surface area contributed by atoms with Gasteiger partial charge < -0.3 is 10.6 Å². The molecule has 0 bridgehead atoms. The molecule has 0 unspecified atom stereocenters. The summed E-state index contributed by atoms with van der Waals surface area (Å²) in [5.74, 6) is 2.29. The van der Waals surface area contributed by atoms with Gasteiger partial charge >= 0.3 is 0 Å². The molecule has 4 nitrogen and oxygen atoms in total. The van der Waals surface area contributed by atoms with Gasteiger partial charge in [-0.05, 0) is 38.5 Å². The molecule has 0 aliphatic rings. The summed E-state index contributed by atoms with van der Waals surface area (Å²) < 4.78 is 0. The minimum absolute atomic E-state index is 0.557. The average molecular weight is 325 g/mol. The number of aromatic nitrogens is 2. The molecule has 0 spiro atoms. The molecule has 112 valence electrons. The first-order chi connectivity index (χ1) is 10.0. The predicted molar refractivity (Wildman–Crippen MR) is 90.0 cm³/mol. The van der Waals surface area contributed by atoms with Crippen LogP contribution < -0.4 is 10.6 Å². The van der Waals surface area contributed by atoms with E-state index in [4.69, 9.17) is 23.2 Å². The smallest absolute Gasteiger partial charge is 0.139 e. The van der Waals surface area contributed by atoms with Crippen LogP contribution in [0.25, 0.3) is 0 Å². The van der Waals surface area contributed by atoms with Gasteiger partial charge in [0.2, 0.25) is 0 Å². The van der Waals surface area contributed by atoms with Crippen molar-refractivity contribution in [2.45, 2.75) is 27.2 Å². The molecule has 2 N–H and O–H groups in total. The number of aryl methyl sites for hydroxylation is 1. The third-order valence-electron chi connectivity index (χ3n) is 2.98. The molecule has 1 heterocycles. The van der Waals surface area contributed by atoms with Gasteiger partial charge in [0.05, 0.1) is 10.7 Å². The van der Waals surface area contributed by atoms with Crippen LogP contribution in [-0.4, -0.2) is 16.5 Å². The van der Waals surface area contributed by atoms with Crippen LogP contribution in [0.4, 0.5) is 17.3 Å². The third-order valence-corrected chi connectivity index (χ3v) is 3.53. The van der Waals surface area contributed by atoms with Crippen molar-refractivity contribution in [3.05, 3.63) is 39.6 Å². The highest BCUT2D eigenvalue weighted by Crippen LogP contribution is 2.30. The molecule has 0 radical (unpaired) electrons. The van der Waals surface area contributed by atoms with Gasteiger partial charge in [-0.1, -0.05) is 30.1 Å². The Balaban J connectivity index is 2.32. The van der Waals surface area contributed by atoms with E-state index in [2.05, 4.69) is 27.5 Å². The number of benzene rings is 1. The summed E-state index contributed by atoms with van der Waals surface area (Å²) in [5.41, 5.74) is 1.73. The van der Waals surface area contributed by atoms with Gasteiger partial charge in [0.25, 0.3) is 0 Å². The van der Waals surface area contributed by atoms with Gasteiger partial charge in [0, 0.05) is 17.1 Å². The van der Waals surface area contributed by atoms with Crippen LogP contribution >= 0.6 is 23.2 Å². The molecule has 2 rings (SSSR count). The summed E-state index contributed by atoms with van der Waals surface area (Å²) in [7, 11) is 0. The van der Waals surface area contributed by atoms with Crippen LogP contribution in [0, 0.1) is 13.8 Å². The Morgan fingerprint density at radius 1 is 1.10 bits per heavy atom. The van der Waals surface area contributed by atoms with E-state index in [9.17, 15) is 0 Å². The number of nitrogens with zero attached hydrogens (tertiary/aromatic N) is 2. The first-order valence-corrected chi connectivity index (χ1v) is 7.58. The lowest BCUT2D eigenvalue weighted by molar-refractivity contribution is 0.948. The molecule has 0 atom stereocenters. The summed E-state index contributed by atoms with van der Waals surface area (Å²) in [6.07, 6.45) is 1.04. The molecule has 1 aromatic carbocycles. The third kappa shape index (κ3) is 3.99. The molecule has 2 aromatic rings. The van der Waals surface area contributed by atoms with Crippen LogP contribution in [0.3, 0.4) is 0 Å². The monoisotopic (exact) mass is 324 g/mol. The molecule has 6 heteroatoms. The highest BCUT2D eigenvalue weighted by molar-refractivity contribution is 6.36. The molecule has 0 aliphatic carbocycles. The van der Waals surface area contributed by atoms with Crippen molar-refractivity contribution in [3.63, 3.8) is 0 Å². The number of nitrogens with one attached hydrogen (secondary N) is 2. The molecule has 0 saturated heterocycles. The van der Waals surface area contributed by atoms with E-state index in [1.165, 1.54) is 0 Å². The minimum atomic E-state index is 0.557. The van der Waals surface area contributed by atoms with Crippen molar-refractivity contribution < 1.29 is 0 Å². The normalized spacial score (nSPS) is 10.5. The van der Waals surface area contributed by atoms with E-state index in [1.807, 2.05) is 19.9 Å². The van der Waals surface area contributed by atoms with Gasteiger partial charge in [0.15, 0.2) is 0 Å². The van der Waals surface area contributed by atoms with E-state index in [0.717, 1.165) is 35.9 Å². The summed E-state index contributed by atoms with van der Waals surface area (Å²) >= 11 is 12.1. The lowest BCUT2D eigenvalue weighted by atomic mass is 10.2. The molecular formula is C15H18Cl2N4. The highest BCUT2D eigenvalue weighted by atomic mass is 35.5. The lowest BCUT2D eigenvalue weighted by Crippen LogP contribution is -2.09. The topological polar surface area (TPSA) is 49.8 Å². The van der Waals surface area contributed by atoms with E-state index >= 15 is 0 Å². The van der Waals surface area contributed by atoms with Gasteiger partial charge in [-0.25, -0.2) is 9.97 Å². The van der Waals surface area contributed by atoms with Crippen LogP contribution in [0.5, 0.6) is 0 Å². The number of rotatable bonds is 5. The van der Waals surface area contributed by atoms with Gasteiger partial charge in [-0.15, -0.1) is 0 Å². The molecule has 1 aromatic heterocycles. The number of hydrogen-bond acceptors (Lipinski definition) is 4. The molecular weight excluding hydrogens is 307 g/mol. The Hall–Kier alpha value is -1.52. The van der Waals surface area contributed by atoms with E-state index in [-0.39, 0.29) is 0 Å². The molecule has 0 amide bonds. The first kappa shape index (κ1) is 15.9. The van der Waals surface area contributed by atoms with Gasteiger partial charge in [0.1, 0.15) is 17.5 Å². The van der Waals surface area contributed by atoms with Crippen molar-refractivity contribution in [1.82, 2.24) is 9.97 Å². The van der Waals surface area contributed by atoms with Gasteiger partial charge in [-0.2, -0.15) is 0 Å². The largest absolute Gasteiger partial charge is 0.370 e. The Morgan fingerprint density at radius 3 is 2.48 bits per heavy atom. The second-order valence-electron chi connectivity index (χ2n) is 4.77. The minimum Gasteiger partial charge on any atom is -0.370 e. The standard InChI is InChI=1S/C15H18Cl2N4/c1-4-7-18-14-9(2)15(20-10(3)19-14)21-13-6-5-11(16)8-12(13)17/h5-6,8H,4,7H2,1-3H3,(H2,18,19,20,21). The number of anilines is 3. The quantitative estimate of drug-likeness (QED) is 0.815. The second-order valence-corrected chi connectivity index (χ2v) is 5.61. The summed E-state index contributed by atoms with van der Waals surface area (Å²) in [6.45, 7) is 6.83. The Labute approximate surface area is 134 Å². The maximum Gasteiger partial charge on any atom is 0.139 e. The lowest BCUT2D eigenvalue weighted by Gasteiger charge is -2.14. The Morgan fingerprint density at radius 2 is 1.81 bits per heavy atom. The first-order valence-electron chi connectivity index (χ1n) is 6.82. The predicted octanol–water partition coefficient (Wildman–Crippen LogP) is 4.97. The van der Waals surface area contributed by atoms with Gasteiger partial charge in [-0.3, -0.25) is 0 Å². The zero-order chi connectivity index (χ0) is 15.4. The number of halogens is 2. The molecule has 0 aliphatic heterocycles. The fourth-order valence-electron chi connectivity index (χ4n) is 1.88. The summed E-state index contributed by atoms with van der Waals surface area (Å²) in [4.78, 5) is 8.88. The maximum absolute atomic E-state index is 6.19. The summed E-state index contributed by atoms with van der Waals surface area (Å²) in [5, 5.41) is 7.71. The molecule has 0 saturated carbocycles. The average Bonchev–Trinajstić information content (AvgIpc) is 2.43. The zero-order valence-corrected chi connectivity index (χ0v) is 13.8. The van der Waals surface area contributed by atoms with Crippen molar-refractivity contribution in [2.24, 2.45) is 0 Å². The summed E-state index contributed by atoms with van der Waals surface area (Å²) in [6, 6.07) is 5.32. The Kier molecular flexibility index (Phi) is 5.26. The van der Waals surface area contributed by atoms with Crippen LogP contribution in [-0.2, 0) is 0 Å². The van der Waals surface area contributed by atoms with Crippen LogP contribution in [0.15, 0.2) is 18.2 Å². The van der Waals surface area contributed by atoms with Crippen molar-refractivity contribution in [1.29, 1.82) is 0 Å². The SMILES string of the molecule is CCCNc1nc(C)nc(Nc2ccc(Cl)cc2Cl)c1C. The van der Waals surface area contributed by atoms with Crippen LogP contribution in [0.2, 0.25) is 10.0 Å². The molecule has 0 fully saturated rings. The fraction of sp³-hybridized carbons (Fsp3) is 0.333. The van der Waals surface area contributed by atoms with E-state index in [1.54, 1.807) is 12.1 Å². The number of hydrogen-bond donors (Lipinski definition) is 2. The van der Waals surface area contributed by atoms with Crippen molar-refractivity contribution >= 4 is 40.5 Å². The Bertz CT molecular complexity index is 644. The maximum atomic E-state index is 6.19. The fourth-order valence-corrected chi connectivity index (χ4v) is 2.34.